The lowest BCUT2D eigenvalue weighted by atomic mass is 10.3. The van der Waals surface area contributed by atoms with Crippen LogP contribution in [0, 0.1) is 0 Å². The molecule has 2 heterocycles. The highest BCUT2D eigenvalue weighted by molar-refractivity contribution is 8.00. The van der Waals surface area contributed by atoms with Crippen LogP contribution in [-0.2, 0) is 12.7 Å². The average Bonchev–Trinajstić information content (AvgIpc) is 2.97. The van der Waals surface area contributed by atoms with Gasteiger partial charge in [-0.2, -0.15) is 24.9 Å². The van der Waals surface area contributed by atoms with Gasteiger partial charge in [0.25, 0.3) is 0 Å². The van der Waals surface area contributed by atoms with Crippen molar-refractivity contribution < 1.29 is 13.2 Å². The molecule has 1 fully saturated rings. The summed E-state index contributed by atoms with van der Waals surface area (Å²) in [6, 6.07) is 0. The average molecular weight is 352 g/mol. The number of aromatic nitrogens is 1. The van der Waals surface area contributed by atoms with E-state index in [1.807, 2.05) is 11.8 Å². The van der Waals surface area contributed by atoms with Crippen molar-refractivity contribution in [1.82, 2.24) is 15.2 Å². The molecule has 1 atom stereocenters. The van der Waals surface area contributed by atoms with Gasteiger partial charge in [0.15, 0.2) is 11.7 Å². The van der Waals surface area contributed by atoms with Crippen LogP contribution in [0.15, 0.2) is 10.4 Å². The highest BCUT2D eigenvalue weighted by Gasteiger charge is 2.33. The van der Waals surface area contributed by atoms with Crippen LogP contribution in [-0.4, -0.2) is 47.0 Å². The van der Waals surface area contributed by atoms with E-state index < -0.39 is 11.9 Å². The van der Waals surface area contributed by atoms with Gasteiger partial charge in [0.2, 0.25) is 0 Å². The highest BCUT2D eigenvalue weighted by atomic mass is 32.2. The van der Waals surface area contributed by atoms with Crippen molar-refractivity contribution in [1.29, 1.82) is 0 Å². The molecule has 1 aromatic heterocycles. The van der Waals surface area contributed by atoms with Crippen molar-refractivity contribution in [2.45, 2.75) is 31.3 Å². The van der Waals surface area contributed by atoms with Crippen molar-refractivity contribution >= 4 is 29.1 Å². The molecule has 4 nitrogen and oxygen atoms in total. The molecule has 1 aromatic rings. The van der Waals surface area contributed by atoms with Gasteiger partial charge >= 0.3 is 6.18 Å². The molecule has 0 radical (unpaired) electrons. The summed E-state index contributed by atoms with van der Waals surface area (Å²) in [6.45, 7) is 4.22. The Kier molecular flexibility index (Phi) is 5.96. The molecule has 0 amide bonds. The second kappa shape index (κ2) is 7.54. The molecule has 1 saturated heterocycles. The maximum atomic E-state index is 12.5. The zero-order chi connectivity index (χ0) is 16.2. The van der Waals surface area contributed by atoms with Gasteiger partial charge in [-0.1, -0.05) is 6.92 Å². The van der Waals surface area contributed by atoms with Crippen LogP contribution < -0.4 is 5.32 Å². The number of aliphatic imine (C=N–C) groups is 1. The van der Waals surface area contributed by atoms with Crippen molar-refractivity contribution in [3.05, 3.63) is 16.1 Å². The van der Waals surface area contributed by atoms with Crippen molar-refractivity contribution in [3.8, 4) is 0 Å². The number of thiazole rings is 1. The number of alkyl halides is 3. The van der Waals surface area contributed by atoms with E-state index in [4.69, 9.17) is 0 Å². The number of thioether (sulfide) groups is 1. The van der Waals surface area contributed by atoms with Crippen molar-refractivity contribution in [3.63, 3.8) is 0 Å². The van der Waals surface area contributed by atoms with E-state index in [2.05, 4.69) is 27.1 Å². The Bertz CT molecular complexity index is 516. The monoisotopic (exact) mass is 352 g/mol. The number of hydrogen-bond donors (Lipinski definition) is 1. The lowest BCUT2D eigenvalue weighted by Crippen LogP contribution is -2.47. The summed E-state index contributed by atoms with van der Waals surface area (Å²) in [5, 5.41) is 5.14. The van der Waals surface area contributed by atoms with Crippen LogP contribution in [0.4, 0.5) is 13.2 Å². The second-order valence-electron chi connectivity index (χ2n) is 4.87. The molecule has 124 valence electrons. The molecule has 1 aliphatic heterocycles. The molecule has 9 heteroatoms. The lowest BCUT2D eigenvalue weighted by molar-refractivity contribution is -0.140. The quantitative estimate of drug-likeness (QED) is 0.670. The summed E-state index contributed by atoms with van der Waals surface area (Å²) < 4.78 is 37.6. The van der Waals surface area contributed by atoms with Gasteiger partial charge < -0.3 is 10.2 Å². The Morgan fingerprint density at radius 2 is 2.32 bits per heavy atom. The number of guanidine groups is 1. The fourth-order valence-corrected chi connectivity index (χ4v) is 4.09. The minimum absolute atomic E-state index is 0.258. The van der Waals surface area contributed by atoms with E-state index in [0.717, 1.165) is 47.9 Å². The third-order valence-corrected chi connectivity index (χ3v) is 5.57. The smallest absolute Gasteiger partial charge is 0.350 e. The predicted octanol–water partition coefficient (Wildman–Crippen LogP) is 3.06. The summed E-state index contributed by atoms with van der Waals surface area (Å²) in [4.78, 5) is 10.0. The van der Waals surface area contributed by atoms with Crippen LogP contribution >= 0.6 is 23.1 Å². The van der Waals surface area contributed by atoms with E-state index in [-0.39, 0.29) is 6.54 Å². The van der Waals surface area contributed by atoms with Gasteiger partial charge in [-0.3, -0.25) is 4.99 Å². The van der Waals surface area contributed by atoms with Crippen LogP contribution in [0.1, 0.15) is 24.0 Å². The number of rotatable bonds is 3. The van der Waals surface area contributed by atoms with E-state index in [0.29, 0.717) is 10.3 Å². The molecule has 1 unspecified atom stereocenters. The Hall–Kier alpha value is -0.960. The summed E-state index contributed by atoms with van der Waals surface area (Å²) in [5.41, 5.74) is -0.829. The number of nitrogens with one attached hydrogen (secondary N) is 1. The number of halogens is 3. The molecule has 2 rings (SSSR count). The van der Waals surface area contributed by atoms with Crippen LogP contribution in [0.5, 0.6) is 0 Å². The molecule has 0 aromatic carbocycles. The van der Waals surface area contributed by atoms with E-state index >= 15 is 0 Å². The predicted molar refractivity (Wildman–Crippen MR) is 85.4 cm³/mol. The normalized spacial score (nSPS) is 20.3. The third-order valence-electron chi connectivity index (χ3n) is 3.35. The topological polar surface area (TPSA) is 40.5 Å². The van der Waals surface area contributed by atoms with Gasteiger partial charge in [0.05, 0.1) is 6.54 Å². The standard InChI is InChI=1S/C13H19F3N4S2/c1-3-9-7-20(4-5-21-9)12(17-2)18-6-11-19-10(8-22-11)13(14,15)16/h8-9H,3-7H2,1-2H3,(H,17,18). The Morgan fingerprint density at radius 1 is 1.55 bits per heavy atom. The molecule has 22 heavy (non-hydrogen) atoms. The highest BCUT2D eigenvalue weighted by Crippen LogP contribution is 2.30. The van der Waals surface area contributed by atoms with Crippen LogP contribution in [0.25, 0.3) is 0 Å². The Balaban J connectivity index is 1.92. The summed E-state index contributed by atoms with van der Waals surface area (Å²) in [6.07, 6.45) is -3.28. The van der Waals surface area contributed by atoms with Crippen LogP contribution in [0.3, 0.4) is 0 Å². The minimum atomic E-state index is -4.38. The molecule has 0 saturated carbocycles. The number of hydrogen-bond acceptors (Lipinski definition) is 4. The lowest BCUT2D eigenvalue weighted by Gasteiger charge is -2.34. The molecular formula is C13H19F3N4S2. The zero-order valence-electron chi connectivity index (χ0n) is 12.5. The van der Waals surface area contributed by atoms with E-state index in [1.54, 1.807) is 7.05 Å². The van der Waals surface area contributed by atoms with Gasteiger partial charge in [0.1, 0.15) is 5.01 Å². The first-order chi connectivity index (χ1) is 10.4. The van der Waals surface area contributed by atoms with Crippen molar-refractivity contribution in [2.75, 3.05) is 25.9 Å². The maximum Gasteiger partial charge on any atom is 0.434 e. The number of nitrogens with zero attached hydrogens (tertiary/aromatic N) is 3. The second-order valence-corrected chi connectivity index (χ2v) is 7.22. The van der Waals surface area contributed by atoms with Crippen molar-refractivity contribution in [2.24, 2.45) is 4.99 Å². The van der Waals surface area contributed by atoms with Gasteiger partial charge in [-0.05, 0) is 6.42 Å². The van der Waals surface area contributed by atoms with E-state index in [1.165, 1.54) is 0 Å². The Labute approximate surface area is 136 Å². The fourth-order valence-electron chi connectivity index (χ4n) is 2.17. The molecule has 1 N–H and O–H groups in total. The summed E-state index contributed by atoms with van der Waals surface area (Å²) >= 11 is 2.96. The maximum absolute atomic E-state index is 12.5. The summed E-state index contributed by atoms with van der Waals surface area (Å²) in [5.74, 6) is 1.76. The molecule has 1 aliphatic rings. The third kappa shape index (κ3) is 4.52. The first kappa shape index (κ1) is 17.4. The van der Waals surface area contributed by atoms with Gasteiger partial charge in [0, 0.05) is 36.5 Å². The molecule has 0 bridgehead atoms. The minimum Gasteiger partial charge on any atom is -0.350 e. The first-order valence-corrected chi connectivity index (χ1v) is 8.95. The Morgan fingerprint density at radius 3 is 2.91 bits per heavy atom. The zero-order valence-corrected chi connectivity index (χ0v) is 14.1. The van der Waals surface area contributed by atoms with Crippen LogP contribution in [0.2, 0.25) is 0 Å². The summed E-state index contributed by atoms with van der Waals surface area (Å²) in [7, 11) is 1.69. The first-order valence-electron chi connectivity index (χ1n) is 7.02. The van der Waals surface area contributed by atoms with Gasteiger partial charge in [-0.15, -0.1) is 11.3 Å². The fraction of sp³-hybridized carbons (Fsp3) is 0.692. The largest absolute Gasteiger partial charge is 0.434 e. The molecule has 0 spiro atoms. The molecule has 0 aliphatic carbocycles. The van der Waals surface area contributed by atoms with E-state index in [9.17, 15) is 13.2 Å². The molecular weight excluding hydrogens is 333 g/mol. The van der Waals surface area contributed by atoms with Gasteiger partial charge in [-0.25, -0.2) is 4.98 Å². The SMILES string of the molecule is CCC1CN(C(=NC)NCc2nc(C(F)(F)F)cs2)CCS1.